The van der Waals surface area contributed by atoms with Crippen molar-refractivity contribution in [3.05, 3.63) is 69.4 Å². The average Bonchev–Trinajstić information content (AvgIpc) is 3.28. The van der Waals surface area contributed by atoms with Crippen LogP contribution in [0, 0.1) is 5.82 Å². The number of hydrogen-bond donors (Lipinski definition) is 2. The Bertz CT molecular complexity index is 1120. The van der Waals surface area contributed by atoms with Gasteiger partial charge >= 0.3 is 0 Å². The number of amides is 2. The molecule has 1 aromatic heterocycles. The Balaban J connectivity index is 1.45. The van der Waals surface area contributed by atoms with E-state index in [0.29, 0.717) is 45.7 Å². The summed E-state index contributed by atoms with van der Waals surface area (Å²) in [6.07, 6.45) is 1.36. The van der Waals surface area contributed by atoms with Crippen LogP contribution in [-0.4, -0.2) is 23.9 Å². The van der Waals surface area contributed by atoms with Crippen molar-refractivity contribution in [1.29, 1.82) is 0 Å². The second-order valence-corrected chi connectivity index (χ2v) is 8.21. The number of thiazole rings is 1. The summed E-state index contributed by atoms with van der Waals surface area (Å²) < 4.78 is 18.1. The number of nitrogens with zero attached hydrogens (tertiary/aromatic N) is 1. The molecule has 2 amide bonds. The van der Waals surface area contributed by atoms with Crippen molar-refractivity contribution in [3.63, 3.8) is 0 Å². The van der Waals surface area contributed by atoms with Gasteiger partial charge < -0.3 is 10.1 Å². The van der Waals surface area contributed by atoms with Crippen molar-refractivity contribution in [2.75, 3.05) is 17.7 Å². The summed E-state index contributed by atoms with van der Waals surface area (Å²) in [6, 6.07) is 10.3. The predicted octanol–water partition coefficient (Wildman–Crippen LogP) is 4.87. The molecule has 1 aliphatic carbocycles. The number of ether oxygens (including phenoxy) is 1. The van der Waals surface area contributed by atoms with Crippen molar-refractivity contribution in [2.45, 2.75) is 18.8 Å². The van der Waals surface area contributed by atoms with E-state index in [1.54, 1.807) is 18.2 Å². The molecular weight excluding hydrogens is 429 g/mol. The first kappa shape index (κ1) is 20.3. The third-order valence-corrected chi connectivity index (χ3v) is 6.12. The Morgan fingerprint density at radius 2 is 1.97 bits per heavy atom. The number of carbonyl (C=O) groups is 2. The minimum Gasteiger partial charge on any atom is -0.495 e. The number of methoxy groups -OCH3 is 1. The molecule has 2 N–H and O–H groups in total. The fourth-order valence-corrected chi connectivity index (χ4v) is 4.57. The molecule has 3 aromatic rings. The maximum Gasteiger partial charge on any atom is 0.257 e. The van der Waals surface area contributed by atoms with E-state index in [2.05, 4.69) is 15.6 Å². The summed E-state index contributed by atoms with van der Waals surface area (Å²) >= 11 is 7.46. The highest BCUT2D eigenvalue weighted by Gasteiger charge is 2.33. The molecule has 2 aromatic carbocycles. The molecule has 0 saturated carbocycles. The van der Waals surface area contributed by atoms with Crippen LogP contribution >= 0.6 is 22.9 Å². The zero-order chi connectivity index (χ0) is 21.3. The Hall–Kier alpha value is -2.97. The molecule has 0 saturated heterocycles. The van der Waals surface area contributed by atoms with Gasteiger partial charge in [-0.1, -0.05) is 11.6 Å². The minimum atomic E-state index is -0.410. The van der Waals surface area contributed by atoms with Crippen LogP contribution in [0.1, 0.15) is 33.3 Å². The van der Waals surface area contributed by atoms with E-state index in [0.717, 1.165) is 4.88 Å². The highest BCUT2D eigenvalue weighted by atomic mass is 35.5. The maximum atomic E-state index is 13.0. The smallest absolute Gasteiger partial charge is 0.257 e. The van der Waals surface area contributed by atoms with Crippen LogP contribution in [0.25, 0.3) is 0 Å². The van der Waals surface area contributed by atoms with Crippen molar-refractivity contribution in [2.24, 2.45) is 0 Å². The fraction of sp³-hybridized carbons (Fsp3) is 0.190. The first-order chi connectivity index (χ1) is 14.4. The van der Waals surface area contributed by atoms with Gasteiger partial charge in [0.1, 0.15) is 11.6 Å². The summed E-state index contributed by atoms with van der Waals surface area (Å²) in [4.78, 5) is 30.5. The van der Waals surface area contributed by atoms with Crippen LogP contribution in [0.15, 0.2) is 42.5 Å². The topological polar surface area (TPSA) is 80.3 Å². The number of fused-ring (bicyclic) bond motifs is 1. The van der Waals surface area contributed by atoms with Gasteiger partial charge in [-0.25, -0.2) is 9.37 Å². The van der Waals surface area contributed by atoms with Crippen LogP contribution in [0.3, 0.4) is 0 Å². The van der Waals surface area contributed by atoms with Crippen LogP contribution in [-0.2, 0) is 11.2 Å². The summed E-state index contributed by atoms with van der Waals surface area (Å²) in [5, 5.41) is 6.40. The van der Waals surface area contributed by atoms with Gasteiger partial charge in [0, 0.05) is 16.1 Å². The van der Waals surface area contributed by atoms with E-state index < -0.39 is 11.7 Å². The lowest BCUT2D eigenvalue weighted by Crippen LogP contribution is -2.20. The third kappa shape index (κ3) is 4.15. The average molecular weight is 446 g/mol. The molecule has 0 fully saturated rings. The standard InChI is InChI=1S/C21H17ClFN3O3S/c1-29-16-8-6-13(10-15(16)22)24-20(28)14-7-9-17-18(14)25-21(30-17)26-19(27)11-2-4-12(23)5-3-11/h2-6,8,10,14H,7,9H2,1H3,(H,24,28)(H,25,26,27). The lowest BCUT2D eigenvalue weighted by molar-refractivity contribution is -0.117. The highest BCUT2D eigenvalue weighted by Crippen LogP contribution is 2.39. The van der Waals surface area contributed by atoms with Gasteiger partial charge in [-0.3, -0.25) is 14.9 Å². The molecule has 9 heteroatoms. The van der Waals surface area contributed by atoms with E-state index in [1.165, 1.54) is 42.7 Å². The van der Waals surface area contributed by atoms with Gasteiger partial charge in [0.15, 0.2) is 5.13 Å². The number of carbonyl (C=O) groups excluding carboxylic acids is 2. The van der Waals surface area contributed by atoms with E-state index in [1.807, 2.05) is 0 Å². The van der Waals surface area contributed by atoms with E-state index >= 15 is 0 Å². The summed E-state index contributed by atoms with van der Waals surface area (Å²) in [5.74, 6) is -0.854. The number of aromatic nitrogens is 1. The van der Waals surface area contributed by atoms with E-state index in [9.17, 15) is 14.0 Å². The van der Waals surface area contributed by atoms with Crippen molar-refractivity contribution < 1.29 is 18.7 Å². The van der Waals surface area contributed by atoms with Crippen LogP contribution in [0.5, 0.6) is 5.75 Å². The summed E-state index contributed by atoms with van der Waals surface area (Å²) in [6.45, 7) is 0. The predicted molar refractivity (Wildman–Crippen MR) is 114 cm³/mol. The molecule has 0 spiro atoms. The monoisotopic (exact) mass is 445 g/mol. The summed E-state index contributed by atoms with van der Waals surface area (Å²) in [5.41, 5.74) is 1.57. The Morgan fingerprint density at radius 3 is 2.67 bits per heavy atom. The van der Waals surface area contributed by atoms with Gasteiger partial charge in [0.25, 0.3) is 5.91 Å². The molecule has 6 nitrogen and oxygen atoms in total. The van der Waals surface area contributed by atoms with Crippen molar-refractivity contribution >= 4 is 45.6 Å². The number of aryl methyl sites for hydroxylation is 1. The molecule has 4 rings (SSSR count). The van der Waals surface area contributed by atoms with Gasteiger partial charge in [0.2, 0.25) is 5.91 Å². The second-order valence-electron chi connectivity index (χ2n) is 6.72. The molecular formula is C21H17ClFN3O3S. The molecule has 1 unspecified atom stereocenters. The number of anilines is 2. The maximum absolute atomic E-state index is 13.0. The molecule has 30 heavy (non-hydrogen) atoms. The fourth-order valence-electron chi connectivity index (χ4n) is 3.28. The first-order valence-electron chi connectivity index (χ1n) is 9.15. The zero-order valence-electron chi connectivity index (χ0n) is 15.9. The van der Waals surface area contributed by atoms with Crippen LogP contribution in [0.2, 0.25) is 5.02 Å². The normalized spacial score (nSPS) is 14.8. The first-order valence-corrected chi connectivity index (χ1v) is 10.3. The molecule has 154 valence electrons. The van der Waals surface area contributed by atoms with E-state index in [-0.39, 0.29) is 11.8 Å². The van der Waals surface area contributed by atoms with Gasteiger partial charge in [-0.15, -0.1) is 11.3 Å². The van der Waals surface area contributed by atoms with Gasteiger partial charge in [0.05, 0.1) is 23.7 Å². The van der Waals surface area contributed by atoms with Crippen LogP contribution in [0.4, 0.5) is 15.2 Å². The lowest BCUT2D eigenvalue weighted by Gasteiger charge is -2.12. The molecule has 1 atom stereocenters. The Morgan fingerprint density at radius 1 is 1.20 bits per heavy atom. The highest BCUT2D eigenvalue weighted by molar-refractivity contribution is 7.16. The largest absolute Gasteiger partial charge is 0.495 e. The zero-order valence-corrected chi connectivity index (χ0v) is 17.4. The van der Waals surface area contributed by atoms with Crippen LogP contribution < -0.4 is 15.4 Å². The molecule has 1 aliphatic rings. The molecule has 0 aliphatic heterocycles. The number of hydrogen-bond acceptors (Lipinski definition) is 5. The third-order valence-electron chi connectivity index (χ3n) is 4.78. The van der Waals surface area contributed by atoms with Crippen molar-refractivity contribution in [1.82, 2.24) is 4.98 Å². The number of halogens is 2. The van der Waals surface area contributed by atoms with Crippen molar-refractivity contribution in [3.8, 4) is 5.75 Å². The summed E-state index contributed by atoms with van der Waals surface area (Å²) in [7, 11) is 1.52. The Labute approximate surface area is 181 Å². The molecule has 1 heterocycles. The molecule has 0 bridgehead atoms. The number of rotatable bonds is 5. The second kappa shape index (κ2) is 8.41. The van der Waals surface area contributed by atoms with Gasteiger partial charge in [-0.2, -0.15) is 0 Å². The van der Waals surface area contributed by atoms with E-state index in [4.69, 9.17) is 16.3 Å². The SMILES string of the molecule is COc1ccc(NC(=O)C2CCc3sc(NC(=O)c4ccc(F)cc4)nc32)cc1Cl. The quantitative estimate of drug-likeness (QED) is 0.587. The molecule has 0 radical (unpaired) electrons. The van der Waals surface area contributed by atoms with Gasteiger partial charge in [-0.05, 0) is 55.3 Å². The minimum absolute atomic E-state index is 0.184. The number of nitrogens with one attached hydrogen (secondary N) is 2. The lowest BCUT2D eigenvalue weighted by atomic mass is 10.1. The Kier molecular flexibility index (Phi) is 5.69. The number of benzene rings is 2.